The second-order valence-electron chi connectivity index (χ2n) is 7.10. The van der Waals surface area contributed by atoms with Crippen molar-refractivity contribution in [3.63, 3.8) is 0 Å². The third-order valence-corrected chi connectivity index (χ3v) is 4.96. The molecule has 2 aromatic heterocycles. The zero-order chi connectivity index (χ0) is 17.5. The summed E-state index contributed by atoms with van der Waals surface area (Å²) in [7, 11) is 0. The summed E-state index contributed by atoms with van der Waals surface area (Å²) in [6.45, 7) is 7.78. The molecule has 0 spiro atoms. The number of aromatic nitrogens is 4. The molecule has 2 aliphatic rings. The lowest BCUT2D eigenvalue weighted by Gasteiger charge is -2.10. The molecule has 6 nitrogen and oxygen atoms in total. The predicted octanol–water partition coefficient (Wildman–Crippen LogP) is 4.75. The maximum atomic E-state index is 7.09. The molecule has 0 saturated heterocycles. The standard InChI is InChI=1S/C20H19N5O/c1-21-15-6-8-17(9-7-15)26-20-18(13-2-3-13)24-25(19(20)14-4-5-14)12-16-10-11-22-23-16/h6-11,13-14H,2-5,12H2,(H,22,23). The Labute approximate surface area is 151 Å². The highest BCUT2D eigenvalue weighted by Crippen LogP contribution is 2.52. The van der Waals surface area contributed by atoms with E-state index < -0.39 is 0 Å². The lowest BCUT2D eigenvalue weighted by atomic mass is 10.2. The first-order chi connectivity index (χ1) is 12.8. The van der Waals surface area contributed by atoms with Crippen LogP contribution >= 0.6 is 0 Å². The van der Waals surface area contributed by atoms with Gasteiger partial charge in [0.15, 0.2) is 11.4 Å². The number of aromatic amines is 1. The van der Waals surface area contributed by atoms with Gasteiger partial charge in [-0.05, 0) is 43.9 Å². The number of ether oxygens (including phenoxy) is 1. The van der Waals surface area contributed by atoms with Crippen LogP contribution in [0.25, 0.3) is 4.85 Å². The molecule has 2 heterocycles. The maximum absolute atomic E-state index is 7.09. The quantitative estimate of drug-likeness (QED) is 0.656. The van der Waals surface area contributed by atoms with Crippen LogP contribution in [-0.4, -0.2) is 20.0 Å². The first kappa shape index (κ1) is 15.2. The summed E-state index contributed by atoms with van der Waals surface area (Å²) in [5.41, 5.74) is 3.96. The van der Waals surface area contributed by atoms with Gasteiger partial charge < -0.3 is 4.74 Å². The summed E-state index contributed by atoms with van der Waals surface area (Å²) in [5.74, 6) is 2.73. The molecule has 3 aromatic rings. The largest absolute Gasteiger partial charge is 0.454 e. The van der Waals surface area contributed by atoms with Crippen LogP contribution in [0.15, 0.2) is 36.5 Å². The van der Waals surface area contributed by atoms with Gasteiger partial charge in [0.05, 0.1) is 24.5 Å². The minimum atomic E-state index is 0.507. The molecule has 0 aliphatic heterocycles. The summed E-state index contributed by atoms with van der Waals surface area (Å²) < 4.78 is 8.43. The summed E-state index contributed by atoms with van der Waals surface area (Å²) >= 11 is 0. The molecule has 0 atom stereocenters. The highest BCUT2D eigenvalue weighted by atomic mass is 16.5. The molecule has 26 heavy (non-hydrogen) atoms. The van der Waals surface area contributed by atoms with Crippen molar-refractivity contribution in [2.75, 3.05) is 0 Å². The van der Waals surface area contributed by atoms with Crippen molar-refractivity contribution < 1.29 is 4.74 Å². The highest BCUT2D eigenvalue weighted by Gasteiger charge is 2.38. The number of nitrogens with one attached hydrogen (secondary N) is 1. The van der Waals surface area contributed by atoms with E-state index in [1.807, 2.05) is 18.2 Å². The van der Waals surface area contributed by atoms with E-state index >= 15 is 0 Å². The minimum Gasteiger partial charge on any atom is -0.454 e. The molecular formula is C20H19N5O. The third-order valence-electron chi connectivity index (χ3n) is 4.96. The molecule has 0 radical (unpaired) electrons. The Balaban J connectivity index is 1.53. The number of benzene rings is 1. The summed E-state index contributed by atoms with van der Waals surface area (Å²) in [5, 5.41) is 12.0. The molecule has 0 unspecified atom stereocenters. The molecule has 130 valence electrons. The normalized spacial score (nSPS) is 16.4. The minimum absolute atomic E-state index is 0.507. The van der Waals surface area contributed by atoms with E-state index in [9.17, 15) is 0 Å². The van der Waals surface area contributed by atoms with Crippen molar-refractivity contribution in [1.29, 1.82) is 0 Å². The lowest BCUT2D eigenvalue weighted by Crippen LogP contribution is -2.06. The van der Waals surface area contributed by atoms with Gasteiger partial charge in [-0.3, -0.25) is 9.78 Å². The Morgan fingerprint density at radius 1 is 1.12 bits per heavy atom. The zero-order valence-electron chi connectivity index (χ0n) is 14.4. The van der Waals surface area contributed by atoms with E-state index in [-0.39, 0.29) is 0 Å². The fraction of sp³-hybridized carbons (Fsp3) is 0.350. The fourth-order valence-electron chi connectivity index (χ4n) is 3.32. The van der Waals surface area contributed by atoms with Gasteiger partial charge in [-0.15, -0.1) is 0 Å². The topological polar surface area (TPSA) is 60.1 Å². The molecule has 2 aliphatic carbocycles. The second kappa shape index (κ2) is 6.03. The molecule has 2 fully saturated rings. The van der Waals surface area contributed by atoms with Crippen LogP contribution in [-0.2, 0) is 6.54 Å². The number of hydrogen-bond donors (Lipinski definition) is 1. The SMILES string of the molecule is [C-]#[N+]c1ccc(Oc2c(C3CC3)nn(Cc3ccn[nH]3)c2C2CC2)cc1. The molecule has 0 bridgehead atoms. The average molecular weight is 345 g/mol. The van der Waals surface area contributed by atoms with Crippen LogP contribution in [0.4, 0.5) is 5.69 Å². The Morgan fingerprint density at radius 3 is 2.50 bits per heavy atom. The summed E-state index contributed by atoms with van der Waals surface area (Å²) in [4.78, 5) is 3.44. The van der Waals surface area contributed by atoms with Gasteiger partial charge in [0.25, 0.3) is 0 Å². The number of H-pyrrole nitrogens is 1. The van der Waals surface area contributed by atoms with Crippen molar-refractivity contribution in [1.82, 2.24) is 20.0 Å². The Hall–Kier alpha value is -3.07. The monoisotopic (exact) mass is 345 g/mol. The molecular weight excluding hydrogens is 326 g/mol. The van der Waals surface area contributed by atoms with E-state index in [0.29, 0.717) is 24.1 Å². The van der Waals surface area contributed by atoms with Gasteiger partial charge in [-0.2, -0.15) is 10.2 Å². The average Bonchev–Trinajstić information content (AvgIpc) is 3.60. The van der Waals surface area contributed by atoms with E-state index in [4.69, 9.17) is 16.4 Å². The van der Waals surface area contributed by atoms with Gasteiger partial charge in [0, 0.05) is 18.0 Å². The lowest BCUT2D eigenvalue weighted by molar-refractivity contribution is 0.468. The van der Waals surface area contributed by atoms with E-state index in [1.54, 1.807) is 18.3 Å². The fourth-order valence-corrected chi connectivity index (χ4v) is 3.32. The summed E-state index contributed by atoms with van der Waals surface area (Å²) in [6.07, 6.45) is 6.50. The predicted molar refractivity (Wildman–Crippen MR) is 96.6 cm³/mol. The van der Waals surface area contributed by atoms with Crippen molar-refractivity contribution in [3.05, 3.63) is 65.0 Å². The van der Waals surface area contributed by atoms with Gasteiger partial charge in [0.2, 0.25) is 0 Å². The third kappa shape index (κ3) is 2.86. The molecule has 1 aromatic carbocycles. The van der Waals surface area contributed by atoms with Crippen molar-refractivity contribution in [3.8, 4) is 11.5 Å². The first-order valence-electron chi connectivity index (χ1n) is 9.06. The smallest absolute Gasteiger partial charge is 0.187 e. The van der Waals surface area contributed by atoms with E-state index in [0.717, 1.165) is 22.9 Å². The summed E-state index contributed by atoms with van der Waals surface area (Å²) in [6, 6.07) is 9.31. The van der Waals surface area contributed by atoms with Crippen LogP contribution in [0.1, 0.15) is 54.6 Å². The Bertz CT molecular complexity index is 957. The maximum Gasteiger partial charge on any atom is 0.187 e. The van der Waals surface area contributed by atoms with E-state index in [2.05, 4.69) is 19.7 Å². The van der Waals surface area contributed by atoms with Crippen LogP contribution in [0, 0.1) is 6.57 Å². The van der Waals surface area contributed by atoms with Crippen LogP contribution in [0.2, 0.25) is 0 Å². The Morgan fingerprint density at radius 2 is 1.88 bits per heavy atom. The first-order valence-corrected chi connectivity index (χ1v) is 9.06. The van der Waals surface area contributed by atoms with Gasteiger partial charge >= 0.3 is 0 Å². The van der Waals surface area contributed by atoms with Crippen molar-refractivity contribution >= 4 is 5.69 Å². The van der Waals surface area contributed by atoms with Crippen molar-refractivity contribution in [2.24, 2.45) is 0 Å². The zero-order valence-corrected chi connectivity index (χ0v) is 14.4. The van der Waals surface area contributed by atoms with Crippen molar-refractivity contribution in [2.45, 2.75) is 44.1 Å². The van der Waals surface area contributed by atoms with Crippen LogP contribution < -0.4 is 4.74 Å². The number of rotatable bonds is 6. The van der Waals surface area contributed by atoms with Gasteiger partial charge in [-0.1, -0.05) is 12.1 Å². The molecule has 5 rings (SSSR count). The van der Waals surface area contributed by atoms with E-state index in [1.165, 1.54) is 31.4 Å². The highest BCUT2D eigenvalue weighted by molar-refractivity contribution is 5.50. The van der Waals surface area contributed by atoms with Crippen LogP contribution in [0.3, 0.4) is 0 Å². The number of hydrogen-bond acceptors (Lipinski definition) is 3. The van der Waals surface area contributed by atoms with Crippen LogP contribution in [0.5, 0.6) is 11.5 Å². The molecule has 1 N–H and O–H groups in total. The van der Waals surface area contributed by atoms with Gasteiger partial charge in [-0.25, -0.2) is 4.85 Å². The molecule has 2 saturated carbocycles. The number of nitrogens with zero attached hydrogens (tertiary/aromatic N) is 4. The Kier molecular flexibility index (Phi) is 3.52. The second-order valence-corrected chi connectivity index (χ2v) is 7.10. The molecule has 6 heteroatoms. The van der Waals surface area contributed by atoms with Gasteiger partial charge in [0.1, 0.15) is 11.4 Å². The molecule has 0 amide bonds.